The molecule has 3 aromatic heterocycles. The summed E-state index contributed by atoms with van der Waals surface area (Å²) in [6.45, 7) is 3.67. The third kappa shape index (κ3) is 4.68. The minimum absolute atomic E-state index is 0.234. The maximum atomic E-state index is 14.0. The Morgan fingerprint density at radius 2 is 1.72 bits per heavy atom. The van der Waals surface area contributed by atoms with Crippen molar-refractivity contribution in [3.63, 3.8) is 0 Å². The van der Waals surface area contributed by atoms with Gasteiger partial charge in [-0.3, -0.25) is 9.88 Å². The Hall–Kier alpha value is -4.53. The highest BCUT2D eigenvalue weighted by Crippen LogP contribution is 2.40. The zero-order valence-electron chi connectivity index (χ0n) is 19.5. The molecule has 0 radical (unpaired) electrons. The maximum absolute atomic E-state index is 14.0. The van der Waals surface area contributed by atoms with Crippen LogP contribution in [0.1, 0.15) is 16.8 Å². The number of aryl methyl sites for hydroxylation is 2. The van der Waals surface area contributed by atoms with Gasteiger partial charge in [0.1, 0.15) is 0 Å². The SMILES string of the molecule is Cc1cn(-c2cc(N(c3nccc(-c4cccnc4)n3)c3ccccc3C)cc(C(F)(F)F)c2)cn1. The van der Waals surface area contributed by atoms with Crippen molar-refractivity contribution >= 4 is 17.3 Å². The molecule has 36 heavy (non-hydrogen) atoms. The third-order valence-electron chi connectivity index (χ3n) is 5.65. The van der Waals surface area contributed by atoms with Gasteiger partial charge >= 0.3 is 6.18 Å². The zero-order chi connectivity index (χ0) is 25.3. The summed E-state index contributed by atoms with van der Waals surface area (Å²) in [7, 11) is 0. The van der Waals surface area contributed by atoms with Crippen LogP contribution in [0.15, 0.2) is 91.8 Å². The second-order valence-corrected chi connectivity index (χ2v) is 8.26. The van der Waals surface area contributed by atoms with Gasteiger partial charge in [-0.25, -0.2) is 15.0 Å². The van der Waals surface area contributed by atoms with Crippen molar-refractivity contribution in [3.05, 3.63) is 109 Å². The average Bonchev–Trinajstić information content (AvgIpc) is 3.32. The zero-order valence-corrected chi connectivity index (χ0v) is 19.5. The fourth-order valence-electron chi connectivity index (χ4n) is 3.91. The second-order valence-electron chi connectivity index (χ2n) is 8.26. The van der Waals surface area contributed by atoms with Gasteiger partial charge in [-0.2, -0.15) is 13.2 Å². The van der Waals surface area contributed by atoms with Crippen molar-refractivity contribution in [1.82, 2.24) is 24.5 Å². The van der Waals surface area contributed by atoms with Crippen LogP contribution in [0.5, 0.6) is 0 Å². The summed E-state index contributed by atoms with van der Waals surface area (Å²) in [4.78, 5) is 19.1. The standard InChI is InChI=1S/C27H21F3N6/c1-18-6-3-4-8-25(18)36(26-32-11-9-24(34-26)20-7-5-10-31-15-20)23-13-21(27(28,29)30)12-22(14-23)35-16-19(2)33-17-35/h3-17H,1-2H3. The Balaban J connectivity index is 1.75. The predicted octanol–water partition coefficient (Wildman–Crippen LogP) is 6.83. The van der Waals surface area contributed by atoms with Crippen molar-refractivity contribution in [3.8, 4) is 16.9 Å². The number of nitrogens with zero attached hydrogens (tertiary/aromatic N) is 6. The Morgan fingerprint density at radius 3 is 2.42 bits per heavy atom. The molecule has 0 saturated heterocycles. The van der Waals surface area contributed by atoms with Crippen LogP contribution in [0.2, 0.25) is 0 Å². The van der Waals surface area contributed by atoms with E-state index >= 15 is 0 Å². The Bertz CT molecular complexity index is 1510. The van der Waals surface area contributed by atoms with E-state index in [0.29, 0.717) is 22.8 Å². The first-order valence-corrected chi connectivity index (χ1v) is 11.1. The molecular formula is C27H21F3N6. The first-order valence-electron chi connectivity index (χ1n) is 11.1. The monoisotopic (exact) mass is 486 g/mol. The Labute approximate surface area is 205 Å². The molecule has 0 atom stereocenters. The van der Waals surface area contributed by atoms with Crippen molar-refractivity contribution in [2.75, 3.05) is 4.90 Å². The summed E-state index contributed by atoms with van der Waals surface area (Å²) < 4.78 is 43.6. The first kappa shape index (κ1) is 23.2. The molecule has 5 aromatic rings. The lowest BCUT2D eigenvalue weighted by Crippen LogP contribution is -2.17. The molecule has 2 aromatic carbocycles. The van der Waals surface area contributed by atoms with Gasteiger partial charge in [0.25, 0.3) is 0 Å². The van der Waals surface area contributed by atoms with Gasteiger partial charge in [0.15, 0.2) is 0 Å². The summed E-state index contributed by atoms with van der Waals surface area (Å²) in [5.41, 5.74) is 3.37. The molecule has 0 aliphatic heterocycles. The molecule has 180 valence electrons. The highest BCUT2D eigenvalue weighted by molar-refractivity contribution is 5.77. The predicted molar refractivity (Wildman–Crippen MR) is 132 cm³/mol. The summed E-state index contributed by atoms with van der Waals surface area (Å²) >= 11 is 0. The van der Waals surface area contributed by atoms with Gasteiger partial charge in [-0.1, -0.05) is 18.2 Å². The minimum Gasteiger partial charge on any atom is -0.306 e. The summed E-state index contributed by atoms with van der Waals surface area (Å²) in [6, 6.07) is 16.7. The number of anilines is 3. The fourth-order valence-corrected chi connectivity index (χ4v) is 3.91. The summed E-state index contributed by atoms with van der Waals surface area (Å²) in [5, 5.41) is 0. The fraction of sp³-hybridized carbons (Fsp3) is 0.111. The van der Waals surface area contributed by atoms with E-state index in [1.54, 1.807) is 59.4 Å². The van der Waals surface area contributed by atoms with Crippen LogP contribution in [-0.4, -0.2) is 24.5 Å². The van der Waals surface area contributed by atoms with Gasteiger partial charge in [0.2, 0.25) is 5.95 Å². The van der Waals surface area contributed by atoms with Crippen molar-refractivity contribution in [1.29, 1.82) is 0 Å². The average molecular weight is 487 g/mol. The van der Waals surface area contributed by atoms with E-state index in [0.717, 1.165) is 23.3 Å². The number of para-hydroxylation sites is 1. The molecule has 0 N–H and O–H groups in total. The summed E-state index contributed by atoms with van der Waals surface area (Å²) in [5.74, 6) is 0.234. The third-order valence-corrected chi connectivity index (χ3v) is 5.65. The van der Waals surface area contributed by atoms with E-state index in [1.165, 1.54) is 6.33 Å². The van der Waals surface area contributed by atoms with Crippen molar-refractivity contribution < 1.29 is 13.2 Å². The number of imidazole rings is 1. The van der Waals surface area contributed by atoms with E-state index in [2.05, 4.69) is 15.0 Å². The topological polar surface area (TPSA) is 59.7 Å². The van der Waals surface area contributed by atoms with Gasteiger partial charge in [0, 0.05) is 36.0 Å². The quantitative estimate of drug-likeness (QED) is 0.273. The number of benzene rings is 2. The smallest absolute Gasteiger partial charge is 0.306 e. The first-order chi connectivity index (χ1) is 17.3. The molecule has 0 spiro atoms. The van der Waals surface area contributed by atoms with Crippen LogP contribution in [0.25, 0.3) is 16.9 Å². The van der Waals surface area contributed by atoms with Crippen LogP contribution < -0.4 is 4.90 Å². The molecule has 0 aliphatic carbocycles. The molecule has 5 rings (SSSR count). The number of hydrogen-bond donors (Lipinski definition) is 0. The molecule has 6 nitrogen and oxygen atoms in total. The van der Waals surface area contributed by atoms with E-state index in [1.807, 2.05) is 37.3 Å². The Morgan fingerprint density at radius 1 is 0.889 bits per heavy atom. The molecule has 0 unspecified atom stereocenters. The number of hydrogen-bond acceptors (Lipinski definition) is 5. The van der Waals surface area contributed by atoms with E-state index in [9.17, 15) is 13.2 Å². The molecule has 0 saturated carbocycles. The molecule has 9 heteroatoms. The largest absolute Gasteiger partial charge is 0.416 e. The lowest BCUT2D eigenvalue weighted by molar-refractivity contribution is -0.137. The van der Waals surface area contributed by atoms with Crippen LogP contribution >= 0.6 is 0 Å². The van der Waals surface area contributed by atoms with Crippen LogP contribution in [0.4, 0.5) is 30.5 Å². The number of aromatic nitrogens is 5. The highest BCUT2D eigenvalue weighted by Gasteiger charge is 2.32. The van der Waals surface area contributed by atoms with Crippen LogP contribution in [-0.2, 0) is 6.18 Å². The van der Waals surface area contributed by atoms with Gasteiger partial charge < -0.3 is 4.57 Å². The van der Waals surface area contributed by atoms with Gasteiger partial charge in [0.05, 0.1) is 34.7 Å². The normalized spacial score (nSPS) is 11.5. The molecule has 0 aliphatic rings. The number of pyridine rings is 1. The number of rotatable bonds is 5. The second kappa shape index (κ2) is 9.26. The summed E-state index contributed by atoms with van der Waals surface area (Å²) in [6.07, 6.45) is 3.53. The lowest BCUT2D eigenvalue weighted by atomic mass is 10.1. The molecular weight excluding hydrogens is 465 g/mol. The van der Waals surface area contributed by atoms with Crippen LogP contribution in [0.3, 0.4) is 0 Å². The highest BCUT2D eigenvalue weighted by atomic mass is 19.4. The lowest BCUT2D eigenvalue weighted by Gasteiger charge is -2.26. The molecule has 0 amide bonds. The van der Waals surface area contributed by atoms with Gasteiger partial charge in [-0.05, 0) is 61.9 Å². The molecule has 0 bridgehead atoms. The van der Waals surface area contributed by atoms with Crippen molar-refractivity contribution in [2.45, 2.75) is 20.0 Å². The minimum atomic E-state index is -4.56. The Kier molecular flexibility index (Phi) is 5.97. The van der Waals surface area contributed by atoms with E-state index in [4.69, 9.17) is 4.98 Å². The number of halogens is 3. The van der Waals surface area contributed by atoms with Crippen molar-refractivity contribution in [2.24, 2.45) is 0 Å². The van der Waals surface area contributed by atoms with Crippen LogP contribution in [0, 0.1) is 13.8 Å². The van der Waals surface area contributed by atoms with Gasteiger partial charge in [-0.15, -0.1) is 0 Å². The van der Waals surface area contributed by atoms with E-state index < -0.39 is 11.7 Å². The molecule has 0 fully saturated rings. The maximum Gasteiger partial charge on any atom is 0.416 e. The molecule has 3 heterocycles. The van der Waals surface area contributed by atoms with E-state index in [-0.39, 0.29) is 11.6 Å². The number of alkyl halides is 3.